The molecule has 0 unspecified atom stereocenters. The first-order valence-corrected chi connectivity index (χ1v) is 7.57. The van der Waals surface area contributed by atoms with Crippen LogP contribution >= 0.6 is 28.1 Å². The third kappa shape index (κ3) is 4.13. The zero-order chi connectivity index (χ0) is 14.5. The van der Waals surface area contributed by atoms with Crippen LogP contribution in [0.5, 0.6) is 0 Å². The van der Waals surface area contributed by atoms with Crippen molar-refractivity contribution in [1.29, 1.82) is 0 Å². The fraction of sp³-hybridized carbons (Fsp3) is 0.188. The Balaban J connectivity index is 2.06. The Labute approximate surface area is 133 Å². The second kappa shape index (κ2) is 6.97. The van der Waals surface area contributed by atoms with E-state index in [1.807, 2.05) is 18.2 Å². The number of hydrogen-bond donors (Lipinski definition) is 1. The van der Waals surface area contributed by atoms with Crippen LogP contribution in [0.3, 0.4) is 0 Å². The summed E-state index contributed by atoms with van der Waals surface area (Å²) >= 11 is 8.55. The highest BCUT2D eigenvalue weighted by molar-refractivity contribution is 9.10. The topological polar surface area (TPSA) is 29.3 Å². The van der Waals surface area contributed by atoms with Crippen molar-refractivity contribution < 1.29 is 0 Å². The molecule has 2 aromatic rings. The summed E-state index contributed by atoms with van der Waals surface area (Å²) in [4.78, 5) is 2.71. The maximum Gasteiger partial charge on any atom is 0.104 e. The number of hydrogen-bond acceptors (Lipinski definition) is 2. The fourth-order valence-electron chi connectivity index (χ4n) is 2.15. The van der Waals surface area contributed by atoms with Crippen molar-refractivity contribution in [3.8, 4) is 0 Å². The first-order valence-electron chi connectivity index (χ1n) is 6.37. The number of rotatable bonds is 5. The molecule has 0 bridgehead atoms. The Morgan fingerprint density at radius 3 is 2.40 bits per heavy atom. The standard InChI is InChI=1S/C16H17BrN2S/c1-19(10-12-6-8-14(17)9-7-12)11-13-4-2-3-5-15(13)16(18)20/h2-9H,10-11H2,1H3,(H2,18,20). The third-order valence-corrected chi connectivity index (χ3v) is 3.84. The number of benzene rings is 2. The Morgan fingerprint density at radius 1 is 1.10 bits per heavy atom. The second-order valence-corrected chi connectivity index (χ2v) is 6.18. The van der Waals surface area contributed by atoms with Gasteiger partial charge < -0.3 is 5.73 Å². The molecule has 0 radical (unpaired) electrons. The molecule has 0 aliphatic heterocycles. The lowest BCUT2D eigenvalue weighted by molar-refractivity contribution is 0.319. The van der Waals surface area contributed by atoms with Crippen LogP contribution in [0, 0.1) is 0 Å². The number of thiocarbonyl (C=S) groups is 1. The Kier molecular flexibility index (Phi) is 5.29. The Bertz CT molecular complexity index is 596. The number of halogens is 1. The minimum absolute atomic E-state index is 0.456. The maximum atomic E-state index is 5.77. The molecule has 0 saturated heterocycles. The molecular weight excluding hydrogens is 332 g/mol. The van der Waals surface area contributed by atoms with Gasteiger partial charge in [-0.3, -0.25) is 4.90 Å². The van der Waals surface area contributed by atoms with E-state index in [1.54, 1.807) is 0 Å². The van der Waals surface area contributed by atoms with Gasteiger partial charge in [-0.15, -0.1) is 0 Å². The highest BCUT2D eigenvalue weighted by atomic mass is 79.9. The lowest BCUT2D eigenvalue weighted by Crippen LogP contribution is -2.20. The van der Waals surface area contributed by atoms with E-state index < -0.39 is 0 Å². The fourth-order valence-corrected chi connectivity index (χ4v) is 2.61. The second-order valence-electron chi connectivity index (χ2n) is 4.82. The summed E-state index contributed by atoms with van der Waals surface area (Å²) in [5, 5.41) is 0. The van der Waals surface area contributed by atoms with Crippen LogP contribution < -0.4 is 5.73 Å². The van der Waals surface area contributed by atoms with Gasteiger partial charge in [0.15, 0.2) is 0 Å². The average molecular weight is 349 g/mol. The maximum absolute atomic E-state index is 5.77. The quantitative estimate of drug-likeness (QED) is 0.835. The summed E-state index contributed by atoms with van der Waals surface area (Å²) in [6.07, 6.45) is 0. The molecule has 0 aliphatic rings. The Morgan fingerprint density at radius 2 is 1.75 bits per heavy atom. The van der Waals surface area contributed by atoms with Crippen LogP contribution in [0.2, 0.25) is 0 Å². The Hall–Kier alpha value is -1.23. The molecule has 20 heavy (non-hydrogen) atoms. The van der Waals surface area contributed by atoms with E-state index in [1.165, 1.54) is 11.1 Å². The minimum atomic E-state index is 0.456. The van der Waals surface area contributed by atoms with Crippen LogP contribution in [0.25, 0.3) is 0 Å². The van der Waals surface area contributed by atoms with Gasteiger partial charge in [0.2, 0.25) is 0 Å². The highest BCUT2D eigenvalue weighted by Crippen LogP contribution is 2.15. The molecule has 0 atom stereocenters. The molecule has 0 aromatic heterocycles. The first kappa shape index (κ1) is 15.2. The van der Waals surface area contributed by atoms with Crippen LogP contribution in [0.1, 0.15) is 16.7 Å². The van der Waals surface area contributed by atoms with Gasteiger partial charge in [0.05, 0.1) is 0 Å². The van der Waals surface area contributed by atoms with Crippen LogP contribution in [-0.2, 0) is 13.1 Å². The normalized spacial score (nSPS) is 10.8. The summed E-state index contributed by atoms with van der Waals surface area (Å²) in [7, 11) is 2.10. The largest absolute Gasteiger partial charge is 0.389 e. The van der Waals surface area contributed by atoms with E-state index in [-0.39, 0.29) is 0 Å². The van der Waals surface area contributed by atoms with Gasteiger partial charge in [-0.1, -0.05) is 64.5 Å². The summed E-state index contributed by atoms with van der Waals surface area (Å²) in [6, 6.07) is 16.4. The molecule has 2 nitrogen and oxygen atoms in total. The van der Waals surface area contributed by atoms with Gasteiger partial charge in [-0.25, -0.2) is 0 Å². The van der Waals surface area contributed by atoms with E-state index in [0.717, 1.165) is 23.1 Å². The van der Waals surface area contributed by atoms with Crippen molar-refractivity contribution in [2.24, 2.45) is 5.73 Å². The molecule has 2 N–H and O–H groups in total. The molecule has 0 heterocycles. The summed E-state index contributed by atoms with van der Waals surface area (Å²) < 4.78 is 1.10. The van der Waals surface area contributed by atoms with E-state index in [4.69, 9.17) is 18.0 Å². The highest BCUT2D eigenvalue weighted by Gasteiger charge is 2.07. The van der Waals surface area contributed by atoms with Gasteiger partial charge in [0, 0.05) is 23.1 Å². The van der Waals surface area contributed by atoms with Gasteiger partial charge in [0.25, 0.3) is 0 Å². The van der Waals surface area contributed by atoms with Crippen LogP contribution in [0.15, 0.2) is 53.0 Å². The molecule has 0 spiro atoms. The van der Waals surface area contributed by atoms with Crippen molar-refractivity contribution in [2.45, 2.75) is 13.1 Å². The third-order valence-electron chi connectivity index (χ3n) is 3.09. The molecule has 0 amide bonds. The lowest BCUT2D eigenvalue weighted by Gasteiger charge is -2.18. The van der Waals surface area contributed by atoms with Gasteiger partial charge >= 0.3 is 0 Å². The van der Waals surface area contributed by atoms with Crippen molar-refractivity contribution in [2.75, 3.05) is 7.05 Å². The number of nitrogens with two attached hydrogens (primary N) is 1. The predicted molar refractivity (Wildman–Crippen MR) is 91.6 cm³/mol. The molecule has 0 fully saturated rings. The smallest absolute Gasteiger partial charge is 0.104 e. The van der Waals surface area contributed by atoms with Crippen molar-refractivity contribution in [3.63, 3.8) is 0 Å². The van der Waals surface area contributed by atoms with E-state index in [2.05, 4.69) is 58.2 Å². The molecular formula is C16H17BrN2S. The van der Waals surface area contributed by atoms with Crippen LogP contribution in [-0.4, -0.2) is 16.9 Å². The van der Waals surface area contributed by atoms with Crippen LogP contribution in [0.4, 0.5) is 0 Å². The molecule has 2 aromatic carbocycles. The summed E-state index contributed by atoms with van der Waals surface area (Å²) in [5.41, 5.74) is 9.18. The first-order chi connectivity index (χ1) is 9.56. The minimum Gasteiger partial charge on any atom is -0.389 e. The predicted octanol–water partition coefficient (Wildman–Crippen LogP) is 3.72. The summed E-state index contributed by atoms with van der Waals surface area (Å²) in [6.45, 7) is 1.71. The van der Waals surface area contributed by atoms with Crippen molar-refractivity contribution >= 4 is 33.1 Å². The monoisotopic (exact) mass is 348 g/mol. The lowest BCUT2D eigenvalue weighted by atomic mass is 10.1. The van der Waals surface area contributed by atoms with Crippen molar-refractivity contribution in [3.05, 3.63) is 69.7 Å². The molecule has 0 saturated carbocycles. The molecule has 4 heteroatoms. The SMILES string of the molecule is CN(Cc1ccc(Br)cc1)Cc1ccccc1C(N)=S. The van der Waals surface area contributed by atoms with E-state index >= 15 is 0 Å². The number of nitrogens with zero attached hydrogens (tertiary/aromatic N) is 1. The van der Waals surface area contributed by atoms with Gasteiger partial charge in [-0.05, 0) is 30.3 Å². The van der Waals surface area contributed by atoms with Crippen molar-refractivity contribution in [1.82, 2.24) is 4.90 Å². The zero-order valence-corrected chi connectivity index (χ0v) is 13.7. The molecule has 104 valence electrons. The average Bonchev–Trinajstić information content (AvgIpc) is 2.41. The van der Waals surface area contributed by atoms with Gasteiger partial charge in [-0.2, -0.15) is 0 Å². The molecule has 0 aliphatic carbocycles. The zero-order valence-electron chi connectivity index (χ0n) is 11.3. The molecule has 2 rings (SSSR count). The summed E-state index contributed by atoms with van der Waals surface area (Å²) in [5.74, 6) is 0. The van der Waals surface area contributed by atoms with E-state index in [9.17, 15) is 0 Å². The van der Waals surface area contributed by atoms with Gasteiger partial charge in [0.1, 0.15) is 4.99 Å². The van der Waals surface area contributed by atoms with E-state index in [0.29, 0.717) is 4.99 Å².